The summed E-state index contributed by atoms with van der Waals surface area (Å²) in [5, 5.41) is 7.82. The van der Waals surface area contributed by atoms with Gasteiger partial charge in [-0.2, -0.15) is 0 Å². The van der Waals surface area contributed by atoms with Gasteiger partial charge in [-0.25, -0.2) is 0 Å². The Balaban J connectivity index is 2.32. The monoisotopic (exact) mass is 197 g/mol. The van der Waals surface area contributed by atoms with E-state index >= 15 is 0 Å². The summed E-state index contributed by atoms with van der Waals surface area (Å²) in [6.07, 6.45) is 1.21. The minimum atomic E-state index is 0.428. The normalized spacial score (nSPS) is 11.7. The van der Waals surface area contributed by atoms with E-state index in [2.05, 4.69) is 43.8 Å². The van der Waals surface area contributed by atoms with Gasteiger partial charge in [0.05, 0.1) is 0 Å². The Labute approximate surface area is 85.2 Å². The number of hydrogen-bond acceptors (Lipinski definition) is 2. The predicted octanol–water partition coefficient (Wildman–Crippen LogP) is 3.90. The summed E-state index contributed by atoms with van der Waals surface area (Å²) in [5.74, 6) is 0. The maximum absolute atomic E-state index is 3.46. The number of hydrogen-bond donors (Lipinski definition) is 1. The van der Waals surface area contributed by atoms with Crippen LogP contribution in [0.5, 0.6) is 0 Å². The summed E-state index contributed by atoms with van der Waals surface area (Å²) < 4.78 is 0. The molecule has 1 rings (SSSR count). The molecule has 0 amide bonds. The van der Waals surface area contributed by atoms with Crippen LogP contribution in [0.25, 0.3) is 0 Å². The van der Waals surface area contributed by atoms with Crippen LogP contribution in [0.15, 0.2) is 10.8 Å². The van der Waals surface area contributed by atoms with Crippen molar-refractivity contribution >= 4 is 17.0 Å². The number of aryl methyl sites for hydroxylation is 1. The Morgan fingerprint density at radius 3 is 2.46 bits per heavy atom. The molecule has 0 aliphatic carbocycles. The lowest BCUT2D eigenvalue weighted by Crippen LogP contribution is -2.12. The fraction of sp³-hybridized carbons (Fsp3) is 0.636. The molecule has 0 saturated heterocycles. The highest BCUT2D eigenvalue weighted by Crippen LogP contribution is 2.22. The van der Waals surface area contributed by atoms with Gasteiger partial charge in [0.15, 0.2) is 0 Å². The zero-order valence-corrected chi connectivity index (χ0v) is 9.79. The van der Waals surface area contributed by atoms with Gasteiger partial charge in [0.1, 0.15) is 0 Å². The molecular formula is C11H19NS. The van der Waals surface area contributed by atoms with E-state index < -0.39 is 0 Å². The van der Waals surface area contributed by atoms with Crippen molar-refractivity contribution in [2.24, 2.45) is 5.41 Å². The Kier molecular flexibility index (Phi) is 3.37. The molecule has 0 radical (unpaired) electrons. The molecule has 0 aromatic carbocycles. The lowest BCUT2D eigenvalue weighted by atomic mass is 9.92. The van der Waals surface area contributed by atoms with Crippen LogP contribution in [0.3, 0.4) is 0 Å². The Morgan fingerprint density at radius 2 is 2.00 bits per heavy atom. The summed E-state index contributed by atoms with van der Waals surface area (Å²) in [5.41, 5.74) is 3.09. The number of rotatable bonds is 3. The van der Waals surface area contributed by atoms with Gasteiger partial charge in [-0.3, -0.25) is 0 Å². The first-order valence-electron chi connectivity index (χ1n) is 4.76. The van der Waals surface area contributed by atoms with Gasteiger partial charge in [-0.15, -0.1) is 11.3 Å². The van der Waals surface area contributed by atoms with Crippen molar-refractivity contribution in [3.05, 3.63) is 16.3 Å². The van der Waals surface area contributed by atoms with Crippen molar-refractivity contribution in [1.82, 2.24) is 0 Å². The number of nitrogens with one attached hydrogen (secondary N) is 1. The molecule has 0 atom stereocenters. The first kappa shape index (κ1) is 10.6. The molecular weight excluding hydrogens is 178 g/mol. The molecule has 13 heavy (non-hydrogen) atoms. The number of thiophene rings is 1. The van der Waals surface area contributed by atoms with Crippen molar-refractivity contribution in [2.45, 2.75) is 34.1 Å². The standard InChI is InChI=1S/C11H19NS/c1-9-7-13-8-10(9)12-6-5-11(2,3)4/h7-8,12H,5-6H2,1-4H3. The topological polar surface area (TPSA) is 12.0 Å². The second kappa shape index (κ2) is 4.14. The van der Waals surface area contributed by atoms with Crippen LogP contribution in [0.4, 0.5) is 5.69 Å². The lowest BCUT2D eigenvalue weighted by Gasteiger charge is -2.18. The maximum Gasteiger partial charge on any atom is 0.0478 e. The largest absolute Gasteiger partial charge is 0.384 e. The van der Waals surface area contributed by atoms with Gasteiger partial charge in [0.25, 0.3) is 0 Å². The molecule has 0 fully saturated rings. The van der Waals surface area contributed by atoms with E-state index in [1.807, 2.05) is 0 Å². The van der Waals surface area contributed by atoms with Crippen LogP contribution in [-0.4, -0.2) is 6.54 Å². The van der Waals surface area contributed by atoms with E-state index in [1.165, 1.54) is 17.7 Å². The molecule has 0 aliphatic heterocycles. The highest BCUT2D eigenvalue weighted by atomic mass is 32.1. The van der Waals surface area contributed by atoms with Crippen LogP contribution in [0.1, 0.15) is 32.8 Å². The molecule has 1 N–H and O–H groups in total. The third kappa shape index (κ3) is 3.81. The van der Waals surface area contributed by atoms with E-state index in [4.69, 9.17) is 0 Å². The zero-order valence-electron chi connectivity index (χ0n) is 8.98. The Bertz CT molecular complexity index is 257. The predicted molar refractivity (Wildman–Crippen MR) is 61.6 cm³/mol. The van der Waals surface area contributed by atoms with Crippen molar-refractivity contribution in [3.63, 3.8) is 0 Å². The first-order chi connectivity index (χ1) is 5.99. The van der Waals surface area contributed by atoms with Crippen molar-refractivity contribution in [1.29, 1.82) is 0 Å². The van der Waals surface area contributed by atoms with Crippen molar-refractivity contribution in [3.8, 4) is 0 Å². The smallest absolute Gasteiger partial charge is 0.0478 e. The molecule has 0 saturated carbocycles. The molecule has 0 unspecified atom stereocenters. The van der Waals surface area contributed by atoms with Gasteiger partial charge in [-0.1, -0.05) is 20.8 Å². The second-order valence-electron chi connectivity index (χ2n) is 4.71. The molecule has 1 aromatic rings. The van der Waals surface area contributed by atoms with Gasteiger partial charge in [-0.05, 0) is 29.7 Å². The first-order valence-corrected chi connectivity index (χ1v) is 5.70. The van der Waals surface area contributed by atoms with E-state index in [9.17, 15) is 0 Å². The van der Waals surface area contributed by atoms with Crippen molar-refractivity contribution in [2.75, 3.05) is 11.9 Å². The molecule has 1 aromatic heterocycles. The molecule has 1 nitrogen and oxygen atoms in total. The van der Waals surface area contributed by atoms with E-state index in [1.54, 1.807) is 11.3 Å². The van der Waals surface area contributed by atoms with Gasteiger partial charge in [0.2, 0.25) is 0 Å². The average molecular weight is 197 g/mol. The summed E-state index contributed by atoms with van der Waals surface area (Å²) >= 11 is 1.76. The Morgan fingerprint density at radius 1 is 1.31 bits per heavy atom. The van der Waals surface area contributed by atoms with E-state index in [-0.39, 0.29) is 0 Å². The lowest BCUT2D eigenvalue weighted by molar-refractivity contribution is 0.390. The van der Waals surface area contributed by atoms with E-state index in [0.29, 0.717) is 5.41 Å². The summed E-state index contributed by atoms with van der Waals surface area (Å²) in [6.45, 7) is 10.0. The minimum absolute atomic E-state index is 0.428. The second-order valence-corrected chi connectivity index (χ2v) is 5.45. The van der Waals surface area contributed by atoms with Crippen LogP contribution < -0.4 is 5.32 Å². The molecule has 0 bridgehead atoms. The Hall–Kier alpha value is -0.500. The molecule has 1 heterocycles. The minimum Gasteiger partial charge on any atom is -0.384 e. The van der Waals surface area contributed by atoms with Crippen molar-refractivity contribution < 1.29 is 0 Å². The summed E-state index contributed by atoms with van der Waals surface area (Å²) in [4.78, 5) is 0. The highest BCUT2D eigenvalue weighted by Gasteiger charge is 2.09. The fourth-order valence-electron chi connectivity index (χ4n) is 1.11. The molecule has 74 valence electrons. The zero-order chi connectivity index (χ0) is 9.90. The maximum atomic E-state index is 3.46. The van der Waals surface area contributed by atoms with Crippen LogP contribution in [0, 0.1) is 12.3 Å². The van der Waals surface area contributed by atoms with Gasteiger partial charge < -0.3 is 5.32 Å². The van der Waals surface area contributed by atoms with Crippen LogP contribution >= 0.6 is 11.3 Å². The molecule has 0 spiro atoms. The van der Waals surface area contributed by atoms with Gasteiger partial charge in [0, 0.05) is 17.6 Å². The highest BCUT2D eigenvalue weighted by molar-refractivity contribution is 7.08. The third-order valence-corrected chi connectivity index (χ3v) is 2.91. The average Bonchev–Trinajstić information content (AvgIpc) is 2.34. The van der Waals surface area contributed by atoms with Crippen LogP contribution in [-0.2, 0) is 0 Å². The summed E-state index contributed by atoms with van der Waals surface area (Å²) in [6, 6.07) is 0. The molecule has 0 aliphatic rings. The number of anilines is 1. The summed E-state index contributed by atoms with van der Waals surface area (Å²) in [7, 11) is 0. The van der Waals surface area contributed by atoms with E-state index in [0.717, 1.165) is 6.54 Å². The fourth-order valence-corrected chi connectivity index (χ4v) is 1.92. The molecule has 2 heteroatoms. The van der Waals surface area contributed by atoms with Crippen LogP contribution in [0.2, 0.25) is 0 Å². The SMILES string of the molecule is Cc1cscc1NCCC(C)(C)C. The third-order valence-electron chi connectivity index (χ3n) is 2.05. The quantitative estimate of drug-likeness (QED) is 0.775. The van der Waals surface area contributed by atoms with Gasteiger partial charge >= 0.3 is 0 Å².